The molecule has 0 bridgehead atoms. The number of thiocarbonyl (C=S) groups is 1. The van der Waals surface area contributed by atoms with Crippen molar-refractivity contribution in [3.63, 3.8) is 0 Å². The molecule has 100 valence electrons. The molecule has 2 atom stereocenters. The molecular weight excluding hydrogens is 252 g/mol. The second-order valence-corrected chi connectivity index (χ2v) is 5.19. The van der Waals surface area contributed by atoms with Crippen molar-refractivity contribution in [2.45, 2.75) is 33.2 Å². The number of carbonyl (C=O) groups is 2. The predicted molar refractivity (Wildman–Crippen MR) is 72.9 cm³/mol. The summed E-state index contributed by atoms with van der Waals surface area (Å²) in [4.78, 5) is 23.3. The van der Waals surface area contributed by atoms with Crippen LogP contribution in [-0.4, -0.2) is 28.6 Å². The Hall–Kier alpha value is -1.50. The van der Waals surface area contributed by atoms with Gasteiger partial charge < -0.3 is 11.1 Å². The Morgan fingerprint density at radius 2 is 2.22 bits per heavy atom. The summed E-state index contributed by atoms with van der Waals surface area (Å²) in [6.45, 7) is 5.44. The fourth-order valence-electron chi connectivity index (χ4n) is 1.97. The molecule has 1 aliphatic rings. The van der Waals surface area contributed by atoms with Gasteiger partial charge in [0.25, 0.3) is 0 Å². The first-order valence-corrected chi connectivity index (χ1v) is 6.17. The average Bonchev–Trinajstić information content (AvgIpc) is 2.50. The van der Waals surface area contributed by atoms with Crippen molar-refractivity contribution in [1.82, 2.24) is 10.7 Å². The highest BCUT2D eigenvalue weighted by atomic mass is 32.1. The average molecular weight is 270 g/mol. The van der Waals surface area contributed by atoms with Gasteiger partial charge in [0.15, 0.2) is 5.11 Å². The molecule has 0 aromatic heterocycles. The van der Waals surface area contributed by atoms with E-state index in [2.05, 4.69) is 28.1 Å². The van der Waals surface area contributed by atoms with E-state index >= 15 is 0 Å². The second kappa shape index (κ2) is 5.90. The molecule has 6 nitrogen and oxygen atoms in total. The van der Waals surface area contributed by atoms with Gasteiger partial charge in [-0.05, 0) is 31.5 Å². The number of nitrogens with one attached hydrogen (secondary N) is 2. The van der Waals surface area contributed by atoms with E-state index in [4.69, 9.17) is 5.73 Å². The number of nitrogens with two attached hydrogens (primary N) is 1. The molecule has 1 rings (SSSR count). The summed E-state index contributed by atoms with van der Waals surface area (Å²) >= 11 is 4.66. The SMILES string of the molecule is CC(=O)C1C(=O)NC(CC(C)C)/C1=N/NC(N)=S. The maximum atomic E-state index is 11.8. The number of ketones is 1. The molecular formula is C11H18N4O2S. The molecule has 1 heterocycles. The third kappa shape index (κ3) is 3.49. The van der Waals surface area contributed by atoms with Gasteiger partial charge in [-0.25, -0.2) is 0 Å². The number of rotatable bonds is 4. The van der Waals surface area contributed by atoms with E-state index in [0.717, 1.165) is 0 Å². The van der Waals surface area contributed by atoms with E-state index < -0.39 is 5.92 Å². The normalized spacial score (nSPS) is 25.3. The Morgan fingerprint density at radius 1 is 1.61 bits per heavy atom. The van der Waals surface area contributed by atoms with Crippen LogP contribution < -0.4 is 16.5 Å². The number of nitrogens with zero attached hydrogens (tertiary/aromatic N) is 1. The number of hydrazone groups is 1. The number of Topliss-reactive ketones (excluding diaryl/α,β-unsaturated/α-hetero) is 1. The van der Waals surface area contributed by atoms with Crippen LogP contribution in [-0.2, 0) is 9.59 Å². The molecule has 0 aliphatic carbocycles. The lowest BCUT2D eigenvalue weighted by atomic mass is 9.94. The van der Waals surface area contributed by atoms with Gasteiger partial charge in [-0.2, -0.15) is 5.10 Å². The van der Waals surface area contributed by atoms with E-state index in [1.165, 1.54) is 6.92 Å². The molecule has 1 aliphatic heterocycles. The number of carbonyl (C=O) groups excluding carboxylic acids is 2. The van der Waals surface area contributed by atoms with Crippen molar-refractivity contribution in [3.05, 3.63) is 0 Å². The Labute approximate surface area is 111 Å². The van der Waals surface area contributed by atoms with Crippen LogP contribution in [0.3, 0.4) is 0 Å². The fraction of sp³-hybridized carbons (Fsp3) is 0.636. The fourth-order valence-corrected chi connectivity index (χ4v) is 2.02. The number of amides is 1. The molecule has 4 N–H and O–H groups in total. The molecule has 0 saturated carbocycles. The zero-order chi connectivity index (χ0) is 13.9. The van der Waals surface area contributed by atoms with Crippen molar-refractivity contribution < 1.29 is 9.59 Å². The van der Waals surface area contributed by atoms with Gasteiger partial charge in [0.2, 0.25) is 5.91 Å². The Kier molecular flexibility index (Phi) is 4.77. The third-order valence-corrected chi connectivity index (χ3v) is 2.73. The summed E-state index contributed by atoms with van der Waals surface area (Å²) in [5, 5.41) is 6.79. The summed E-state index contributed by atoms with van der Waals surface area (Å²) in [5.74, 6) is -1.01. The maximum absolute atomic E-state index is 11.8. The van der Waals surface area contributed by atoms with Crippen molar-refractivity contribution in [2.24, 2.45) is 22.7 Å². The predicted octanol–water partition coefficient (Wildman–Crippen LogP) is -0.0747. The van der Waals surface area contributed by atoms with E-state index in [1.807, 2.05) is 13.8 Å². The number of hydrogen-bond acceptors (Lipinski definition) is 4. The summed E-state index contributed by atoms with van der Waals surface area (Å²) in [6.07, 6.45) is 0.716. The van der Waals surface area contributed by atoms with Gasteiger partial charge in [0, 0.05) is 0 Å². The lowest BCUT2D eigenvalue weighted by Crippen LogP contribution is -2.34. The van der Waals surface area contributed by atoms with Crippen LogP contribution in [0.1, 0.15) is 27.2 Å². The zero-order valence-electron chi connectivity index (χ0n) is 10.7. The first-order chi connectivity index (χ1) is 8.32. The topological polar surface area (TPSA) is 96.6 Å². The quantitative estimate of drug-likeness (QED) is 0.377. The van der Waals surface area contributed by atoms with Gasteiger partial charge in [0.1, 0.15) is 11.7 Å². The minimum absolute atomic E-state index is 0.00690. The summed E-state index contributed by atoms with van der Waals surface area (Å²) in [6, 6.07) is -0.242. The third-order valence-electron chi connectivity index (χ3n) is 2.64. The van der Waals surface area contributed by atoms with Crippen LogP contribution in [0.25, 0.3) is 0 Å². The Bertz CT molecular complexity index is 406. The number of hydrogen-bond donors (Lipinski definition) is 3. The van der Waals surface area contributed by atoms with Crippen molar-refractivity contribution in [2.75, 3.05) is 0 Å². The molecule has 0 radical (unpaired) electrons. The minimum Gasteiger partial charge on any atom is -0.375 e. The maximum Gasteiger partial charge on any atom is 0.237 e. The lowest BCUT2D eigenvalue weighted by Gasteiger charge is -2.14. The molecule has 1 saturated heterocycles. The van der Waals surface area contributed by atoms with Gasteiger partial charge in [-0.3, -0.25) is 15.0 Å². The summed E-state index contributed by atoms with van der Waals surface area (Å²) in [7, 11) is 0. The Balaban J connectivity index is 2.98. The second-order valence-electron chi connectivity index (χ2n) is 4.75. The van der Waals surface area contributed by atoms with Crippen LogP contribution in [0.4, 0.5) is 0 Å². The van der Waals surface area contributed by atoms with Gasteiger partial charge in [-0.15, -0.1) is 0 Å². The standard InChI is InChI=1S/C11H18N4O2S/c1-5(2)4-7-9(14-15-11(12)18)8(6(3)16)10(17)13-7/h5,7-8H,4H2,1-3H3,(H,13,17)(H3,12,15,18)/b14-9-. The lowest BCUT2D eigenvalue weighted by molar-refractivity contribution is -0.128. The molecule has 7 heteroatoms. The van der Waals surface area contributed by atoms with Crippen molar-refractivity contribution >= 4 is 34.7 Å². The van der Waals surface area contributed by atoms with Gasteiger partial charge >= 0.3 is 0 Å². The summed E-state index contributed by atoms with van der Waals surface area (Å²) < 4.78 is 0. The molecule has 2 unspecified atom stereocenters. The first-order valence-electron chi connectivity index (χ1n) is 5.76. The van der Waals surface area contributed by atoms with E-state index in [9.17, 15) is 9.59 Å². The molecule has 1 fully saturated rings. The van der Waals surface area contributed by atoms with Crippen molar-refractivity contribution in [3.8, 4) is 0 Å². The van der Waals surface area contributed by atoms with Crippen LogP contribution in [0, 0.1) is 11.8 Å². The van der Waals surface area contributed by atoms with E-state index in [1.54, 1.807) is 0 Å². The van der Waals surface area contributed by atoms with Crippen molar-refractivity contribution in [1.29, 1.82) is 0 Å². The highest BCUT2D eigenvalue weighted by molar-refractivity contribution is 7.80. The smallest absolute Gasteiger partial charge is 0.237 e. The van der Waals surface area contributed by atoms with E-state index in [0.29, 0.717) is 18.1 Å². The van der Waals surface area contributed by atoms with E-state index in [-0.39, 0.29) is 22.8 Å². The van der Waals surface area contributed by atoms with Crippen LogP contribution in [0.15, 0.2) is 5.10 Å². The minimum atomic E-state index is -0.837. The molecule has 0 aromatic carbocycles. The largest absolute Gasteiger partial charge is 0.375 e. The molecule has 0 spiro atoms. The Morgan fingerprint density at radius 3 is 2.67 bits per heavy atom. The highest BCUT2D eigenvalue weighted by Gasteiger charge is 2.41. The van der Waals surface area contributed by atoms with Crippen LogP contribution in [0.5, 0.6) is 0 Å². The first kappa shape index (κ1) is 14.6. The monoisotopic (exact) mass is 270 g/mol. The van der Waals surface area contributed by atoms with Gasteiger partial charge in [-0.1, -0.05) is 13.8 Å². The van der Waals surface area contributed by atoms with Gasteiger partial charge in [0.05, 0.1) is 11.8 Å². The zero-order valence-corrected chi connectivity index (χ0v) is 11.5. The van der Waals surface area contributed by atoms with Crippen LogP contribution >= 0.6 is 12.2 Å². The highest BCUT2D eigenvalue weighted by Crippen LogP contribution is 2.19. The molecule has 1 amide bonds. The summed E-state index contributed by atoms with van der Waals surface area (Å²) in [5.41, 5.74) is 8.21. The molecule has 18 heavy (non-hydrogen) atoms. The van der Waals surface area contributed by atoms with Crippen LogP contribution in [0.2, 0.25) is 0 Å². The molecule has 0 aromatic rings.